The van der Waals surface area contributed by atoms with E-state index in [1.165, 1.54) is 36.7 Å². The van der Waals surface area contributed by atoms with E-state index in [1.54, 1.807) is 24.2 Å². The molecule has 1 atom stereocenters. The van der Waals surface area contributed by atoms with Crippen molar-refractivity contribution in [1.29, 1.82) is 0 Å². The molecule has 0 saturated heterocycles. The Morgan fingerprint density at radius 2 is 1.41 bits per heavy atom. The minimum atomic E-state index is 0. The minimum absolute atomic E-state index is 0. The second-order valence-corrected chi connectivity index (χ2v) is 11.9. The molecule has 0 radical (unpaired) electrons. The molecule has 34 heavy (non-hydrogen) atoms. The van der Waals surface area contributed by atoms with E-state index < -0.39 is 0 Å². The van der Waals surface area contributed by atoms with E-state index in [1.807, 2.05) is 12.2 Å². The molecule has 4 rings (SSSR count). The Balaban J connectivity index is 0.000000560. The molecular formula is C31H36Cl2Zr-2. The maximum absolute atomic E-state index is 3.82. The number of hydrogen-bond donors (Lipinski definition) is 0. The smallest absolute Gasteiger partial charge is 1.00 e. The van der Waals surface area contributed by atoms with Crippen molar-refractivity contribution >= 4 is 36.9 Å². The Kier molecular flexibility index (Phi) is 14.3. The molecule has 3 aromatic rings. The first-order valence-electron chi connectivity index (χ1n) is 11.3. The maximum atomic E-state index is 3.82. The molecule has 0 bridgehead atoms. The van der Waals surface area contributed by atoms with Gasteiger partial charge in [0.2, 0.25) is 0 Å². The van der Waals surface area contributed by atoms with E-state index in [4.69, 9.17) is 0 Å². The number of rotatable bonds is 3. The summed E-state index contributed by atoms with van der Waals surface area (Å²) in [6.45, 7) is 20.8. The molecule has 0 aromatic heterocycles. The number of hydrogen-bond acceptors (Lipinski definition) is 0. The summed E-state index contributed by atoms with van der Waals surface area (Å²) in [5.74, 6) is 0.573. The monoisotopic (exact) mass is 568 g/mol. The summed E-state index contributed by atoms with van der Waals surface area (Å²) < 4.78 is 1.51. The fraction of sp³-hybridized carbons (Fsp3) is 0.290. The van der Waals surface area contributed by atoms with Gasteiger partial charge in [0.05, 0.1) is 0 Å². The molecule has 180 valence electrons. The molecule has 1 unspecified atom stereocenters. The van der Waals surface area contributed by atoms with Gasteiger partial charge in [0.25, 0.3) is 0 Å². The van der Waals surface area contributed by atoms with Gasteiger partial charge in [-0.1, -0.05) is 95.0 Å². The van der Waals surface area contributed by atoms with Crippen LogP contribution in [-0.4, -0.2) is 3.21 Å². The molecule has 3 aromatic carbocycles. The fourth-order valence-electron chi connectivity index (χ4n) is 3.50. The number of fused-ring (bicyclic) bond motifs is 3. The van der Waals surface area contributed by atoms with Crippen molar-refractivity contribution in [1.82, 2.24) is 0 Å². The van der Waals surface area contributed by atoms with Crippen LogP contribution in [0.25, 0.3) is 33.7 Å². The first-order chi connectivity index (χ1) is 15.1. The molecule has 1 aliphatic carbocycles. The van der Waals surface area contributed by atoms with Crippen LogP contribution >= 0.6 is 0 Å². The Labute approximate surface area is 234 Å². The zero-order chi connectivity index (χ0) is 23.9. The van der Waals surface area contributed by atoms with Crippen molar-refractivity contribution < 1.29 is 49.0 Å². The second-order valence-electron chi connectivity index (χ2n) is 9.44. The number of allylic oxidation sites excluding steroid dienone is 4. The molecule has 1 aliphatic rings. The van der Waals surface area contributed by atoms with E-state index in [9.17, 15) is 0 Å². The van der Waals surface area contributed by atoms with Crippen molar-refractivity contribution in [3.63, 3.8) is 0 Å². The standard InChI is InChI=1S/C17H13.C11H17.C3H6.2ClH.Zr/c1-3-12-5-7-14-11-15-8-6-13(4-2)10-17(15)16(14)9-12;1-5-9-6-7-10(8-9)11(2,3)4;1-3-2;;;/h3-11H,1-2H2;7-9H,5H2,1-4H3;1-2H3;2*1H;/q2*-1;;;;+2/p-2. The Morgan fingerprint density at radius 1 is 0.971 bits per heavy atom. The van der Waals surface area contributed by atoms with Gasteiger partial charge < -0.3 is 24.8 Å². The minimum Gasteiger partial charge on any atom is -1.00 e. The number of halogens is 2. The summed E-state index contributed by atoms with van der Waals surface area (Å²) in [5.41, 5.74) is 4.06. The van der Waals surface area contributed by atoms with Crippen LogP contribution < -0.4 is 24.8 Å². The molecule has 0 nitrogen and oxygen atoms in total. The van der Waals surface area contributed by atoms with Gasteiger partial charge in [-0.25, -0.2) is 6.08 Å². The molecule has 0 aliphatic heterocycles. The average Bonchev–Trinajstić information content (AvgIpc) is 3.37. The van der Waals surface area contributed by atoms with E-state index in [-0.39, 0.29) is 24.8 Å². The summed E-state index contributed by atoms with van der Waals surface area (Å²) in [6.07, 6.45) is 12.8. The van der Waals surface area contributed by atoms with Crippen molar-refractivity contribution in [2.45, 2.75) is 48.0 Å². The molecule has 0 amide bonds. The quantitative estimate of drug-likeness (QED) is 0.425. The SMILES string of the molecule is C=Cc1ccc2[cH-]c3ccc(C=C)cc3c2c1.CCC1[C-]=CC(C(C)(C)C)=C1.C[C](C)=[Zr+2].[Cl-].[Cl-]. The molecule has 0 spiro atoms. The predicted octanol–water partition coefficient (Wildman–Crippen LogP) is 3.11. The third-order valence-corrected chi connectivity index (χ3v) is 5.37. The van der Waals surface area contributed by atoms with Gasteiger partial charge in [0.1, 0.15) is 0 Å². The van der Waals surface area contributed by atoms with Crippen LogP contribution in [0.5, 0.6) is 0 Å². The van der Waals surface area contributed by atoms with Crippen LogP contribution in [-0.2, 0) is 24.2 Å². The molecule has 0 N–H and O–H groups in total. The Hall–Kier alpha value is -1.40. The first kappa shape index (κ1) is 32.6. The fourth-order valence-corrected chi connectivity index (χ4v) is 3.50. The zero-order valence-corrected chi connectivity index (χ0v) is 25.3. The average molecular weight is 571 g/mol. The van der Waals surface area contributed by atoms with Crippen molar-refractivity contribution in [3.8, 4) is 0 Å². The zero-order valence-electron chi connectivity index (χ0n) is 21.3. The van der Waals surface area contributed by atoms with Crippen LogP contribution in [0.3, 0.4) is 0 Å². The molecule has 0 saturated carbocycles. The predicted molar refractivity (Wildman–Crippen MR) is 143 cm³/mol. The summed E-state index contributed by atoms with van der Waals surface area (Å²) in [7, 11) is 0. The second kappa shape index (κ2) is 14.9. The van der Waals surface area contributed by atoms with Gasteiger partial charge in [-0.15, -0.1) is 39.7 Å². The largest absolute Gasteiger partial charge is 1.00 e. The van der Waals surface area contributed by atoms with E-state index >= 15 is 0 Å². The van der Waals surface area contributed by atoms with Gasteiger partial charge in [-0.3, -0.25) is 6.08 Å². The summed E-state index contributed by atoms with van der Waals surface area (Å²) in [4.78, 5) is 0. The van der Waals surface area contributed by atoms with Gasteiger partial charge in [-0.2, -0.15) is 11.6 Å². The summed E-state index contributed by atoms with van der Waals surface area (Å²) in [6, 6.07) is 15.1. The van der Waals surface area contributed by atoms with Gasteiger partial charge in [0.15, 0.2) is 0 Å². The molecule has 0 fully saturated rings. The summed E-state index contributed by atoms with van der Waals surface area (Å²) in [5, 5.41) is 5.15. The normalized spacial score (nSPS) is 14.0. The Morgan fingerprint density at radius 3 is 1.71 bits per heavy atom. The maximum Gasteiger partial charge on any atom is -1.00 e. The summed E-state index contributed by atoms with van der Waals surface area (Å²) >= 11 is 1.55. The van der Waals surface area contributed by atoms with Crippen LogP contribution in [0.2, 0.25) is 0 Å². The van der Waals surface area contributed by atoms with Crippen LogP contribution in [0.4, 0.5) is 0 Å². The third-order valence-electron chi connectivity index (χ3n) is 5.37. The van der Waals surface area contributed by atoms with Crippen molar-refractivity contribution in [2.75, 3.05) is 0 Å². The van der Waals surface area contributed by atoms with Crippen LogP contribution in [0.15, 0.2) is 73.3 Å². The number of benzene rings is 2. The molecule has 3 heteroatoms. The first-order valence-corrected chi connectivity index (χ1v) is 12.5. The topological polar surface area (TPSA) is 0 Å². The Bertz CT molecular complexity index is 1100. The van der Waals surface area contributed by atoms with Crippen molar-refractivity contribution in [3.05, 3.63) is 90.6 Å². The van der Waals surface area contributed by atoms with Gasteiger partial charge in [0, 0.05) is 0 Å². The third kappa shape index (κ3) is 9.33. The van der Waals surface area contributed by atoms with Gasteiger partial charge >= 0.3 is 41.3 Å². The molecular weight excluding hydrogens is 534 g/mol. The van der Waals surface area contributed by atoms with E-state index in [0.29, 0.717) is 11.3 Å². The van der Waals surface area contributed by atoms with Crippen LogP contribution in [0.1, 0.15) is 59.1 Å². The molecule has 0 heterocycles. The van der Waals surface area contributed by atoms with Gasteiger partial charge in [-0.05, 0) is 11.1 Å². The van der Waals surface area contributed by atoms with E-state index in [0.717, 1.165) is 11.1 Å². The van der Waals surface area contributed by atoms with Crippen LogP contribution in [0, 0.1) is 17.4 Å². The van der Waals surface area contributed by atoms with E-state index in [2.05, 4.69) is 115 Å². The van der Waals surface area contributed by atoms with Crippen molar-refractivity contribution in [2.24, 2.45) is 11.3 Å².